The van der Waals surface area contributed by atoms with Crippen molar-refractivity contribution in [1.29, 1.82) is 0 Å². The molecule has 2 amide bonds. The maximum absolute atomic E-state index is 12.6. The maximum Gasteiger partial charge on any atom is 0.287 e. The first-order chi connectivity index (χ1) is 11.5. The molecule has 2 aromatic rings. The molecule has 6 heteroatoms. The summed E-state index contributed by atoms with van der Waals surface area (Å²) in [5.74, 6) is 0.841. The minimum atomic E-state index is -0.227. The Kier molecular flexibility index (Phi) is 6.61. The molecule has 5 nitrogen and oxygen atoms in total. The van der Waals surface area contributed by atoms with E-state index in [0.29, 0.717) is 11.7 Å². The first kappa shape index (κ1) is 18.3. The van der Waals surface area contributed by atoms with E-state index in [-0.39, 0.29) is 30.2 Å². The van der Waals surface area contributed by atoms with Crippen LogP contribution in [0.4, 0.5) is 0 Å². The van der Waals surface area contributed by atoms with Crippen molar-refractivity contribution in [2.75, 3.05) is 0 Å². The fourth-order valence-corrected chi connectivity index (χ4v) is 3.54. The molecule has 0 aliphatic carbocycles. The summed E-state index contributed by atoms with van der Waals surface area (Å²) in [6, 6.07) is 7.39. The summed E-state index contributed by atoms with van der Waals surface area (Å²) >= 11 is 1.65. The number of amides is 2. The summed E-state index contributed by atoms with van der Waals surface area (Å²) in [6.07, 6.45) is 1.98. The summed E-state index contributed by atoms with van der Waals surface area (Å²) in [5.41, 5.74) is 0. The van der Waals surface area contributed by atoms with Crippen LogP contribution in [0.25, 0.3) is 0 Å². The van der Waals surface area contributed by atoms with E-state index in [9.17, 15) is 9.59 Å². The van der Waals surface area contributed by atoms with Crippen LogP contribution in [0.3, 0.4) is 0 Å². The van der Waals surface area contributed by atoms with Crippen molar-refractivity contribution < 1.29 is 14.0 Å². The first-order valence-electron chi connectivity index (χ1n) is 8.22. The SMILES string of the molecule is CCC(CC)[C@H](NC(=O)c1ccc(CNC(C)=O)o1)c1cccs1. The number of furan rings is 1. The summed E-state index contributed by atoms with van der Waals surface area (Å²) in [6.45, 7) is 6.00. The van der Waals surface area contributed by atoms with Gasteiger partial charge in [-0.15, -0.1) is 11.3 Å². The summed E-state index contributed by atoms with van der Waals surface area (Å²) in [4.78, 5) is 24.6. The Morgan fingerprint density at radius 2 is 1.96 bits per heavy atom. The quantitative estimate of drug-likeness (QED) is 0.760. The zero-order valence-electron chi connectivity index (χ0n) is 14.3. The zero-order valence-corrected chi connectivity index (χ0v) is 15.1. The van der Waals surface area contributed by atoms with Crippen LogP contribution in [0, 0.1) is 5.92 Å². The molecule has 0 saturated carbocycles. The molecule has 2 rings (SSSR count). The van der Waals surface area contributed by atoms with Gasteiger partial charge in [0.05, 0.1) is 12.6 Å². The van der Waals surface area contributed by atoms with Crippen LogP contribution < -0.4 is 10.6 Å². The van der Waals surface area contributed by atoms with Crippen molar-refractivity contribution >= 4 is 23.2 Å². The molecule has 0 unspecified atom stereocenters. The molecule has 1 atom stereocenters. The third kappa shape index (κ3) is 4.71. The third-order valence-corrected chi connectivity index (χ3v) is 5.01. The van der Waals surface area contributed by atoms with Crippen LogP contribution in [0.1, 0.15) is 60.8 Å². The molecule has 2 heterocycles. The van der Waals surface area contributed by atoms with Gasteiger partial charge < -0.3 is 15.1 Å². The Morgan fingerprint density at radius 3 is 2.54 bits per heavy atom. The highest BCUT2D eigenvalue weighted by Gasteiger charge is 2.25. The molecule has 2 N–H and O–H groups in total. The molecule has 24 heavy (non-hydrogen) atoms. The fourth-order valence-electron chi connectivity index (χ4n) is 2.67. The number of nitrogens with one attached hydrogen (secondary N) is 2. The van der Waals surface area contributed by atoms with E-state index in [4.69, 9.17) is 4.42 Å². The Labute approximate surface area is 146 Å². The highest BCUT2D eigenvalue weighted by molar-refractivity contribution is 7.10. The van der Waals surface area contributed by atoms with E-state index in [1.807, 2.05) is 11.4 Å². The van der Waals surface area contributed by atoms with E-state index < -0.39 is 0 Å². The van der Waals surface area contributed by atoms with Gasteiger partial charge >= 0.3 is 0 Å². The predicted octanol–water partition coefficient (Wildman–Crippen LogP) is 3.88. The normalized spacial score (nSPS) is 12.2. The Balaban J connectivity index is 2.08. The molecule has 0 aliphatic heterocycles. The Morgan fingerprint density at radius 1 is 1.21 bits per heavy atom. The average molecular weight is 348 g/mol. The molecule has 0 fully saturated rings. The van der Waals surface area contributed by atoms with Crippen molar-refractivity contribution in [2.24, 2.45) is 5.92 Å². The van der Waals surface area contributed by atoms with Crippen LogP contribution in [0.5, 0.6) is 0 Å². The molecular weight excluding hydrogens is 324 g/mol. The van der Waals surface area contributed by atoms with Gasteiger partial charge in [0.15, 0.2) is 5.76 Å². The van der Waals surface area contributed by atoms with E-state index in [1.165, 1.54) is 6.92 Å². The van der Waals surface area contributed by atoms with Gasteiger partial charge in [0.25, 0.3) is 5.91 Å². The van der Waals surface area contributed by atoms with Crippen molar-refractivity contribution in [2.45, 2.75) is 46.2 Å². The number of carbonyl (C=O) groups is 2. The largest absolute Gasteiger partial charge is 0.454 e. The third-order valence-electron chi connectivity index (χ3n) is 4.05. The second-order valence-corrected chi connectivity index (χ2v) is 6.70. The molecule has 130 valence electrons. The van der Waals surface area contributed by atoms with E-state index in [0.717, 1.165) is 17.7 Å². The molecular formula is C18H24N2O3S. The molecule has 0 saturated heterocycles. The fraction of sp³-hybridized carbons (Fsp3) is 0.444. The molecule has 0 aliphatic rings. The van der Waals surface area contributed by atoms with Crippen molar-refractivity contribution in [3.63, 3.8) is 0 Å². The number of rotatable bonds is 8. The minimum Gasteiger partial charge on any atom is -0.454 e. The van der Waals surface area contributed by atoms with Gasteiger partial charge in [-0.05, 0) is 29.5 Å². The summed E-state index contributed by atoms with van der Waals surface area (Å²) in [5, 5.41) is 7.78. The van der Waals surface area contributed by atoms with Gasteiger partial charge in [-0.3, -0.25) is 9.59 Å². The van der Waals surface area contributed by atoms with Gasteiger partial charge in [-0.2, -0.15) is 0 Å². The Hall–Kier alpha value is -2.08. The summed E-state index contributed by atoms with van der Waals surface area (Å²) < 4.78 is 5.54. The highest BCUT2D eigenvalue weighted by atomic mass is 32.1. The van der Waals surface area contributed by atoms with Crippen LogP contribution in [-0.2, 0) is 11.3 Å². The number of thiophene rings is 1. The van der Waals surface area contributed by atoms with Crippen molar-refractivity contribution in [1.82, 2.24) is 10.6 Å². The number of hydrogen-bond acceptors (Lipinski definition) is 4. The van der Waals surface area contributed by atoms with Crippen LogP contribution >= 0.6 is 11.3 Å². The van der Waals surface area contributed by atoms with Crippen LogP contribution in [0.2, 0.25) is 0 Å². The lowest BCUT2D eigenvalue weighted by Crippen LogP contribution is -2.32. The molecule has 0 bridgehead atoms. The topological polar surface area (TPSA) is 71.3 Å². The van der Waals surface area contributed by atoms with Gasteiger partial charge in [0, 0.05) is 11.8 Å². The van der Waals surface area contributed by atoms with Crippen LogP contribution in [0.15, 0.2) is 34.1 Å². The van der Waals surface area contributed by atoms with Crippen LogP contribution in [-0.4, -0.2) is 11.8 Å². The Bertz CT molecular complexity index is 660. The predicted molar refractivity (Wildman–Crippen MR) is 94.8 cm³/mol. The first-order valence-corrected chi connectivity index (χ1v) is 9.10. The number of carbonyl (C=O) groups excluding carboxylic acids is 2. The van der Waals surface area contributed by atoms with Crippen molar-refractivity contribution in [3.05, 3.63) is 46.0 Å². The monoisotopic (exact) mass is 348 g/mol. The lowest BCUT2D eigenvalue weighted by Gasteiger charge is -2.25. The molecule has 2 aromatic heterocycles. The van der Waals surface area contributed by atoms with Gasteiger partial charge in [0.1, 0.15) is 5.76 Å². The second-order valence-electron chi connectivity index (χ2n) is 5.72. The van der Waals surface area contributed by atoms with E-state index >= 15 is 0 Å². The standard InChI is InChI=1S/C18H24N2O3S/c1-4-13(5-2)17(16-7-6-10-24-16)20-18(22)15-9-8-14(23-15)11-19-12(3)21/h6-10,13,17H,4-5,11H2,1-3H3,(H,19,21)(H,20,22)/t17-/m0/s1. The minimum absolute atomic E-state index is 0.0172. The van der Waals surface area contributed by atoms with Crippen molar-refractivity contribution in [3.8, 4) is 0 Å². The van der Waals surface area contributed by atoms with E-state index in [2.05, 4.69) is 30.5 Å². The number of hydrogen-bond donors (Lipinski definition) is 2. The second kappa shape index (κ2) is 8.68. The molecule has 0 aromatic carbocycles. The average Bonchev–Trinajstić information content (AvgIpc) is 3.24. The van der Waals surface area contributed by atoms with E-state index in [1.54, 1.807) is 23.5 Å². The highest BCUT2D eigenvalue weighted by Crippen LogP contribution is 2.30. The molecule has 0 spiro atoms. The smallest absolute Gasteiger partial charge is 0.287 e. The molecule has 0 radical (unpaired) electrons. The van der Waals surface area contributed by atoms with Gasteiger partial charge in [0.2, 0.25) is 5.91 Å². The lowest BCUT2D eigenvalue weighted by atomic mass is 9.93. The maximum atomic E-state index is 12.6. The van der Waals surface area contributed by atoms with Gasteiger partial charge in [-0.25, -0.2) is 0 Å². The lowest BCUT2D eigenvalue weighted by molar-refractivity contribution is -0.119. The summed E-state index contributed by atoms with van der Waals surface area (Å²) in [7, 11) is 0. The zero-order chi connectivity index (χ0) is 17.5. The van der Waals surface area contributed by atoms with Gasteiger partial charge in [-0.1, -0.05) is 32.8 Å².